The lowest BCUT2D eigenvalue weighted by atomic mass is 9.86. The van der Waals surface area contributed by atoms with E-state index in [9.17, 15) is 4.39 Å². The predicted molar refractivity (Wildman–Crippen MR) is 106 cm³/mol. The second-order valence-electron chi connectivity index (χ2n) is 7.05. The zero-order valence-corrected chi connectivity index (χ0v) is 15.6. The maximum Gasteiger partial charge on any atom is 0.148 e. The number of pyridine rings is 1. The normalized spacial score (nSPS) is 11.1. The molecule has 0 aliphatic carbocycles. The number of halogens is 1. The Morgan fingerprint density at radius 1 is 1.15 bits per heavy atom. The van der Waals surface area contributed by atoms with Crippen molar-refractivity contribution in [1.82, 2.24) is 15.2 Å². The van der Waals surface area contributed by atoms with Crippen molar-refractivity contribution in [2.75, 3.05) is 11.9 Å². The Bertz CT molecular complexity index is 988. The highest BCUT2D eigenvalue weighted by molar-refractivity contribution is 5.62. The molecule has 0 aliphatic rings. The average molecular weight is 360 g/mol. The number of terminal acetylenes is 1. The first kappa shape index (κ1) is 18.5. The van der Waals surface area contributed by atoms with Crippen LogP contribution in [0.3, 0.4) is 0 Å². The molecule has 27 heavy (non-hydrogen) atoms. The van der Waals surface area contributed by atoms with Crippen LogP contribution in [0.5, 0.6) is 0 Å². The molecule has 0 bridgehead atoms. The van der Waals surface area contributed by atoms with Crippen LogP contribution in [-0.2, 0) is 5.41 Å². The van der Waals surface area contributed by atoms with Crippen LogP contribution in [0.2, 0.25) is 0 Å². The Labute approximate surface area is 158 Å². The van der Waals surface area contributed by atoms with E-state index in [2.05, 4.69) is 53.3 Å². The van der Waals surface area contributed by atoms with Gasteiger partial charge in [-0.1, -0.05) is 25.8 Å². The highest BCUT2D eigenvalue weighted by Gasteiger charge is 2.24. The summed E-state index contributed by atoms with van der Waals surface area (Å²) in [6.45, 7) is 6.94. The number of aryl methyl sites for hydroxylation is 1. The summed E-state index contributed by atoms with van der Waals surface area (Å²) in [7, 11) is 0. The minimum absolute atomic E-state index is 0.182. The SMILES string of the molecule is C#Cc1ccc(F)c(-c2ccc(NCC(C)(C)c3ncccc3C)nn2)c1. The quantitative estimate of drug-likeness (QED) is 0.687. The topological polar surface area (TPSA) is 50.7 Å². The number of nitrogens with zero attached hydrogens (tertiary/aromatic N) is 3. The lowest BCUT2D eigenvalue weighted by Crippen LogP contribution is -2.30. The monoisotopic (exact) mass is 360 g/mol. The molecule has 0 atom stereocenters. The molecule has 3 aromatic rings. The van der Waals surface area contributed by atoms with E-state index in [0.717, 1.165) is 11.3 Å². The molecule has 0 spiro atoms. The van der Waals surface area contributed by atoms with Crippen molar-refractivity contribution in [3.8, 4) is 23.6 Å². The lowest BCUT2D eigenvalue weighted by Gasteiger charge is -2.26. The summed E-state index contributed by atoms with van der Waals surface area (Å²) >= 11 is 0. The molecule has 1 aromatic carbocycles. The summed E-state index contributed by atoms with van der Waals surface area (Å²) in [6.07, 6.45) is 7.19. The van der Waals surface area contributed by atoms with Crippen molar-refractivity contribution in [2.45, 2.75) is 26.2 Å². The minimum atomic E-state index is -0.379. The second-order valence-corrected chi connectivity index (χ2v) is 7.05. The molecule has 4 nitrogen and oxygen atoms in total. The van der Waals surface area contributed by atoms with Gasteiger partial charge in [0.25, 0.3) is 0 Å². The highest BCUT2D eigenvalue weighted by Crippen LogP contribution is 2.25. The summed E-state index contributed by atoms with van der Waals surface area (Å²) in [5.74, 6) is 2.74. The molecule has 136 valence electrons. The highest BCUT2D eigenvalue weighted by atomic mass is 19.1. The number of hydrogen-bond acceptors (Lipinski definition) is 4. The Kier molecular flexibility index (Phi) is 5.18. The van der Waals surface area contributed by atoms with Crippen LogP contribution in [0.25, 0.3) is 11.3 Å². The van der Waals surface area contributed by atoms with Gasteiger partial charge in [0.15, 0.2) is 0 Å². The van der Waals surface area contributed by atoms with Crippen molar-refractivity contribution in [3.05, 3.63) is 71.3 Å². The number of aromatic nitrogens is 3. The molecule has 0 fully saturated rings. The van der Waals surface area contributed by atoms with E-state index in [0.29, 0.717) is 29.2 Å². The molecular weight excluding hydrogens is 339 g/mol. The van der Waals surface area contributed by atoms with Gasteiger partial charge in [-0.15, -0.1) is 16.6 Å². The third-order valence-electron chi connectivity index (χ3n) is 4.44. The van der Waals surface area contributed by atoms with Crippen molar-refractivity contribution in [3.63, 3.8) is 0 Å². The molecule has 2 heterocycles. The third kappa shape index (κ3) is 4.12. The van der Waals surface area contributed by atoms with Gasteiger partial charge in [0.05, 0.1) is 11.4 Å². The van der Waals surface area contributed by atoms with Gasteiger partial charge in [-0.25, -0.2) is 4.39 Å². The van der Waals surface area contributed by atoms with Gasteiger partial charge < -0.3 is 5.32 Å². The molecule has 0 saturated carbocycles. The Morgan fingerprint density at radius 3 is 2.63 bits per heavy atom. The molecular formula is C22H21FN4. The first-order valence-electron chi connectivity index (χ1n) is 8.67. The van der Waals surface area contributed by atoms with E-state index in [-0.39, 0.29) is 11.2 Å². The Balaban J connectivity index is 1.75. The molecule has 3 rings (SSSR count). The second kappa shape index (κ2) is 7.55. The van der Waals surface area contributed by atoms with Crippen LogP contribution < -0.4 is 5.32 Å². The smallest absolute Gasteiger partial charge is 0.148 e. The summed E-state index contributed by atoms with van der Waals surface area (Å²) in [5, 5.41) is 11.6. The number of benzene rings is 1. The molecule has 0 amide bonds. The molecule has 0 unspecified atom stereocenters. The first-order chi connectivity index (χ1) is 12.9. The van der Waals surface area contributed by atoms with E-state index in [1.807, 2.05) is 6.07 Å². The maximum atomic E-state index is 14.1. The van der Waals surface area contributed by atoms with Gasteiger partial charge >= 0.3 is 0 Å². The van der Waals surface area contributed by atoms with Crippen LogP contribution in [0, 0.1) is 25.1 Å². The van der Waals surface area contributed by atoms with Gasteiger partial charge in [0.2, 0.25) is 0 Å². The average Bonchev–Trinajstić information content (AvgIpc) is 2.67. The van der Waals surface area contributed by atoms with Gasteiger partial charge in [-0.2, -0.15) is 0 Å². The molecule has 0 aliphatic heterocycles. The summed E-state index contributed by atoms with van der Waals surface area (Å²) in [5.41, 5.74) is 3.38. The molecule has 2 aromatic heterocycles. The van der Waals surface area contributed by atoms with E-state index in [1.54, 1.807) is 30.5 Å². The third-order valence-corrected chi connectivity index (χ3v) is 4.44. The zero-order valence-electron chi connectivity index (χ0n) is 15.6. The number of rotatable bonds is 5. The van der Waals surface area contributed by atoms with Gasteiger partial charge in [0.1, 0.15) is 11.6 Å². The Hall–Kier alpha value is -3.26. The largest absolute Gasteiger partial charge is 0.368 e. The lowest BCUT2D eigenvalue weighted by molar-refractivity contribution is 0.533. The standard InChI is InChI=1S/C22H21FN4/c1-5-16-8-9-18(23)17(13-16)19-10-11-20(27-26-19)25-14-22(3,4)21-15(2)7-6-12-24-21/h1,6-13H,14H2,2-4H3,(H,25,27). The molecule has 0 saturated heterocycles. The van der Waals surface area contributed by atoms with Gasteiger partial charge in [0, 0.05) is 29.3 Å². The number of anilines is 1. The fourth-order valence-corrected chi connectivity index (χ4v) is 2.97. The minimum Gasteiger partial charge on any atom is -0.368 e. The van der Waals surface area contributed by atoms with Crippen LogP contribution in [0.1, 0.15) is 30.7 Å². The van der Waals surface area contributed by atoms with E-state index >= 15 is 0 Å². The van der Waals surface area contributed by atoms with Crippen molar-refractivity contribution in [2.24, 2.45) is 0 Å². The van der Waals surface area contributed by atoms with E-state index in [1.165, 1.54) is 6.07 Å². The van der Waals surface area contributed by atoms with Gasteiger partial charge in [-0.05, 0) is 48.9 Å². The predicted octanol–water partition coefficient (Wildman–Crippen LogP) is 4.36. The van der Waals surface area contributed by atoms with Crippen molar-refractivity contribution >= 4 is 5.82 Å². The summed E-state index contributed by atoms with van der Waals surface area (Å²) in [6, 6.07) is 12.0. The fourth-order valence-electron chi connectivity index (χ4n) is 2.97. The van der Waals surface area contributed by atoms with E-state index in [4.69, 9.17) is 6.42 Å². The Morgan fingerprint density at radius 2 is 1.96 bits per heavy atom. The van der Waals surface area contributed by atoms with Crippen LogP contribution in [0.4, 0.5) is 10.2 Å². The summed E-state index contributed by atoms with van der Waals surface area (Å²) in [4.78, 5) is 4.51. The zero-order chi connectivity index (χ0) is 19.4. The van der Waals surface area contributed by atoms with Crippen molar-refractivity contribution in [1.29, 1.82) is 0 Å². The molecule has 0 radical (unpaired) electrons. The van der Waals surface area contributed by atoms with Crippen LogP contribution in [-0.4, -0.2) is 21.7 Å². The van der Waals surface area contributed by atoms with Gasteiger partial charge in [-0.3, -0.25) is 4.98 Å². The number of hydrogen-bond donors (Lipinski definition) is 1. The van der Waals surface area contributed by atoms with Crippen molar-refractivity contribution < 1.29 is 4.39 Å². The molecule has 1 N–H and O–H groups in total. The van der Waals surface area contributed by atoms with Crippen LogP contribution in [0.15, 0.2) is 48.7 Å². The maximum absolute atomic E-state index is 14.1. The summed E-state index contributed by atoms with van der Waals surface area (Å²) < 4.78 is 14.1. The van der Waals surface area contributed by atoms with E-state index < -0.39 is 0 Å². The fraction of sp³-hybridized carbons (Fsp3) is 0.227. The number of nitrogens with one attached hydrogen (secondary N) is 1. The molecule has 5 heteroatoms. The van der Waals surface area contributed by atoms with Crippen LogP contribution >= 0.6 is 0 Å². The first-order valence-corrected chi connectivity index (χ1v) is 8.67.